The Balaban J connectivity index is 1.57. The number of allylic oxidation sites excluding steroid dienone is 4. The lowest BCUT2D eigenvalue weighted by atomic mass is 9.44. The highest BCUT2D eigenvalue weighted by Crippen LogP contribution is 2.72. The summed E-state index contributed by atoms with van der Waals surface area (Å²) in [4.78, 5) is 37.3. The van der Waals surface area contributed by atoms with E-state index in [-0.39, 0.29) is 18.1 Å². The molecule has 0 aromatic carbocycles. The van der Waals surface area contributed by atoms with E-state index >= 15 is 4.39 Å². The monoisotopic (exact) mass is 492 g/mol. The molecule has 35 heavy (non-hydrogen) atoms. The van der Waals surface area contributed by atoms with Gasteiger partial charge in [0, 0.05) is 16.7 Å². The van der Waals surface area contributed by atoms with Gasteiger partial charge in [-0.25, -0.2) is 9.18 Å². The van der Waals surface area contributed by atoms with Gasteiger partial charge in [-0.15, -0.1) is 0 Å². The fourth-order valence-corrected chi connectivity index (χ4v) is 8.11. The molecule has 0 bridgehead atoms. The molecule has 4 aliphatic carbocycles. The van der Waals surface area contributed by atoms with E-state index in [0.717, 1.165) is 0 Å². The lowest BCUT2D eigenvalue weighted by Crippen LogP contribution is -2.70. The third-order valence-corrected chi connectivity index (χ3v) is 9.54. The summed E-state index contributed by atoms with van der Waals surface area (Å²) >= 11 is 0. The van der Waals surface area contributed by atoms with Gasteiger partial charge in [0.05, 0.1) is 12.2 Å². The molecule has 1 saturated heterocycles. The molecule has 4 fully saturated rings. The second-order valence-corrected chi connectivity index (χ2v) is 11.6. The predicted octanol–water partition coefficient (Wildman–Crippen LogP) is 1.96. The second-order valence-electron chi connectivity index (χ2n) is 11.6. The quantitative estimate of drug-likeness (QED) is 0.572. The Bertz CT molecular complexity index is 1050. The summed E-state index contributed by atoms with van der Waals surface area (Å²) in [5.41, 5.74) is -5.05. The van der Waals surface area contributed by atoms with Crippen molar-refractivity contribution >= 4 is 17.5 Å². The molecule has 0 spiro atoms. The first-order chi connectivity index (χ1) is 16.2. The Morgan fingerprint density at radius 3 is 2.63 bits per heavy atom. The molecular formula is C26H33FO8. The fourth-order valence-electron chi connectivity index (χ4n) is 8.11. The number of alkyl halides is 1. The summed E-state index contributed by atoms with van der Waals surface area (Å²) in [7, 11) is 0. The van der Waals surface area contributed by atoms with Gasteiger partial charge >= 0.3 is 5.97 Å². The fraction of sp³-hybridized carbons (Fsp3) is 0.731. The summed E-state index contributed by atoms with van der Waals surface area (Å²) in [6.45, 7) is 5.49. The summed E-state index contributed by atoms with van der Waals surface area (Å²) in [5, 5.41) is 20.5. The van der Waals surface area contributed by atoms with E-state index in [1.807, 2.05) is 6.92 Å². The molecule has 0 radical (unpaired) electrons. The first kappa shape index (κ1) is 24.7. The first-order valence-corrected chi connectivity index (χ1v) is 12.2. The molecule has 1 aliphatic heterocycles. The standard InChI is InChI=1S/C26H33FO8/c1-22(2)34-20-10-17-16-6-5-14-9-15(29)7-8-23(14,3)25(16,27)18(30)11-24(17,4)26(20,35-22)19(31)13-33-21(32)12-28/h7-9,16-18,20,28,30H,5-6,10-13H2,1-4H3/t16?,17-,18-,20+,23-,24-,25-,26+/m0/s1. The average Bonchev–Trinajstić information content (AvgIpc) is 3.19. The number of halogens is 1. The number of esters is 1. The van der Waals surface area contributed by atoms with E-state index in [9.17, 15) is 19.5 Å². The van der Waals surface area contributed by atoms with Crippen molar-refractivity contribution in [2.45, 2.75) is 82.6 Å². The maximum absolute atomic E-state index is 17.3. The molecular weight excluding hydrogens is 459 g/mol. The minimum absolute atomic E-state index is 0.0645. The van der Waals surface area contributed by atoms with E-state index in [1.54, 1.807) is 26.8 Å². The van der Waals surface area contributed by atoms with Crippen LogP contribution in [0.4, 0.5) is 4.39 Å². The molecule has 2 N–H and O–H groups in total. The van der Waals surface area contributed by atoms with Crippen molar-refractivity contribution in [2.75, 3.05) is 13.2 Å². The number of aliphatic hydroxyl groups excluding tert-OH is 2. The Kier molecular flexibility index (Phi) is 5.33. The molecule has 1 heterocycles. The Labute approximate surface area is 203 Å². The summed E-state index contributed by atoms with van der Waals surface area (Å²) in [6, 6.07) is 0. The van der Waals surface area contributed by atoms with Gasteiger partial charge in [-0.3, -0.25) is 9.59 Å². The van der Waals surface area contributed by atoms with Crippen molar-refractivity contribution in [1.82, 2.24) is 0 Å². The number of aliphatic hydroxyl groups is 2. The van der Waals surface area contributed by atoms with Crippen LogP contribution in [0.15, 0.2) is 23.8 Å². The van der Waals surface area contributed by atoms with Gasteiger partial charge in [-0.2, -0.15) is 0 Å². The second kappa shape index (κ2) is 7.54. The minimum Gasteiger partial charge on any atom is -0.456 e. The summed E-state index contributed by atoms with van der Waals surface area (Å²) in [5.74, 6) is -3.72. The van der Waals surface area contributed by atoms with Crippen LogP contribution < -0.4 is 0 Å². The van der Waals surface area contributed by atoms with Crippen LogP contribution in [0.3, 0.4) is 0 Å². The Hall–Kier alpha value is -1.94. The molecule has 192 valence electrons. The molecule has 8 nitrogen and oxygen atoms in total. The molecule has 9 heteroatoms. The Morgan fingerprint density at radius 1 is 1.23 bits per heavy atom. The van der Waals surface area contributed by atoms with Crippen molar-refractivity contribution in [2.24, 2.45) is 22.7 Å². The van der Waals surface area contributed by atoms with Gasteiger partial charge in [0.1, 0.15) is 6.61 Å². The van der Waals surface area contributed by atoms with Gasteiger partial charge < -0.3 is 24.4 Å². The van der Waals surface area contributed by atoms with Gasteiger partial charge in [-0.1, -0.05) is 18.6 Å². The molecule has 8 atom stereocenters. The largest absolute Gasteiger partial charge is 0.456 e. The van der Waals surface area contributed by atoms with Crippen LogP contribution >= 0.6 is 0 Å². The zero-order valence-electron chi connectivity index (χ0n) is 20.5. The van der Waals surface area contributed by atoms with Crippen LogP contribution in [0.25, 0.3) is 0 Å². The molecule has 3 saturated carbocycles. The van der Waals surface area contributed by atoms with Crippen molar-refractivity contribution in [3.63, 3.8) is 0 Å². The van der Waals surface area contributed by atoms with Gasteiger partial charge in [-0.05, 0) is 64.5 Å². The zero-order chi connectivity index (χ0) is 25.6. The van der Waals surface area contributed by atoms with E-state index in [0.29, 0.717) is 24.8 Å². The zero-order valence-corrected chi connectivity index (χ0v) is 20.5. The molecule has 1 unspecified atom stereocenters. The predicted molar refractivity (Wildman–Crippen MR) is 120 cm³/mol. The van der Waals surface area contributed by atoms with Crippen LogP contribution in [0.1, 0.15) is 53.4 Å². The van der Waals surface area contributed by atoms with Gasteiger partial charge in [0.15, 0.2) is 29.4 Å². The molecule has 5 rings (SSSR count). The highest BCUT2D eigenvalue weighted by atomic mass is 19.1. The van der Waals surface area contributed by atoms with E-state index in [1.165, 1.54) is 12.2 Å². The summed E-state index contributed by atoms with van der Waals surface area (Å²) < 4.78 is 34.8. The highest BCUT2D eigenvalue weighted by Gasteiger charge is 2.80. The lowest BCUT2D eigenvalue weighted by Gasteiger charge is -2.62. The van der Waals surface area contributed by atoms with Crippen molar-refractivity contribution < 1.29 is 43.2 Å². The third kappa shape index (κ3) is 3.01. The maximum atomic E-state index is 17.3. The van der Waals surface area contributed by atoms with E-state index in [4.69, 9.17) is 19.3 Å². The minimum atomic E-state index is -2.04. The van der Waals surface area contributed by atoms with Crippen LogP contribution in [0.2, 0.25) is 0 Å². The average molecular weight is 493 g/mol. The maximum Gasteiger partial charge on any atom is 0.332 e. The number of hydrogen-bond acceptors (Lipinski definition) is 8. The van der Waals surface area contributed by atoms with Crippen LogP contribution in [0.5, 0.6) is 0 Å². The number of fused-ring (bicyclic) bond motifs is 7. The van der Waals surface area contributed by atoms with Crippen LogP contribution in [-0.2, 0) is 28.6 Å². The van der Waals surface area contributed by atoms with Crippen LogP contribution in [-0.4, -0.2) is 70.2 Å². The first-order valence-electron chi connectivity index (χ1n) is 12.2. The SMILES string of the molecule is CC1(C)O[C@@H]2C[C@H]3C4CCC5=CC(=O)C=C[C@]5(C)[C@@]4(F)[C@@H](O)C[C@]3(C)[C@]2(C(=O)COC(=O)CO)O1. The summed E-state index contributed by atoms with van der Waals surface area (Å²) in [6.07, 6.45) is 3.50. The topological polar surface area (TPSA) is 119 Å². The smallest absolute Gasteiger partial charge is 0.332 e. The molecule has 0 aromatic heterocycles. The van der Waals surface area contributed by atoms with Crippen LogP contribution in [0, 0.1) is 22.7 Å². The van der Waals surface area contributed by atoms with E-state index < -0.39 is 71.0 Å². The number of rotatable bonds is 4. The molecule has 0 amide bonds. The third-order valence-electron chi connectivity index (χ3n) is 9.54. The van der Waals surface area contributed by atoms with Gasteiger partial charge in [0.25, 0.3) is 0 Å². The van der Waals surface area contributed by atoms with Gasteiger partial charge in [0.2, 0.25) is 5.78 Å². The number of ether oxygens (including phenoxy) is 3. The molecule has 5 aliphatic rings. The normalized spacial score (nSPS) is 47.3. The lowest BCUT2D eigenvalue weighted by molar-refractivity contribution is -0.246. The number of hydrogen-bond donors (Lipinski definition) is 2. The number of ketones is 2. The molecule has 0 aromatic rings. The van der Waals surface area contributed by atoms with Crippen molar-refractivity contribution in [1.29, 1.82) is 0 Å². The van der Waals surface area contributed by atoms with Crippen molar-refractivity contribution in [3.8, 4) is 0 Å². The Morgan fingerprint density at radius 2 is 1.94 bits per heavy atom. The highest BCUT2D eigenvalue weighted by molar-refractivity contribution is 6.01. The van der Waals surface area contributed by atoms with E-state index in [2.05, 4.69) is 0 Å². The number of carbonyl (C=O) groups excluding carboxylic acids is 3. The van der Waals surface area contributed by atoms with Crippen molar-refractivity contribution in [3.05, 3.63) is 23.8 Å². The number of carbonyl (C=O) groups is 3. The number of Topliss-reactive ketones (excluding diaryl/α,β-unsaturated/α-hetero) is 1.